The van der Waals surface area contributed by atoms with Crippen LogP contribution in [0, 0.1) is 5.41 Å². The highest BCUT2D eigenvalue weighted by Gasteiger charge is 2.51. The molecule has 1 fully saturated rings. The summed E-state index contributed by atoms with van der Waals surface area (Å²) in [5, 5.41) is 9.15. The van der Waals surface area contributed by atoms with Crippen LogP contribution in [0.5, 0.6) is 0 Å². The summed E-state index contributed by atoms with van der Waals surface area (Å²) in [5.74, 6) is 0.0949. The van der Waals surface area contributed by atoms with E-state index in [1.807, 2.05) is 11.9 Å². The Labute approximate surface area is 77.3 Å². The zero-order valence-corrected chi connectivity index (χ0v) is 7.79. The summed E-state index contributed by atoms with van der Waals surface area (Å²) in [5.41, 5.74) is -0.634. The number of carboxylic acid groups (broad SMARTS) is 1. The van der Waals surface area contributed by atoms with Crippen LogP contribution in [0.2, 0.25) is 0 Å². The van der Waals surface area contributed by atoms with Crippen molar-refractivity contribution >= 4 is 11.8 Å². The van der Waals surface area contributed by atoms with Gasteiger partial charge in [0, 0.05) is 13.6 Å². The minimum absolute atomic E-state index is 0.634. The number of carboxylic acids is 1. The van der Waals surface area contributed by atoms with Gasteiger partial charge < -0.3 is 10.0 Å². The van der Waals surface area contributed by atoms with Gasteiger partial charge in [-0.3, -0.25) is 9.79 Å². The Morgan fingerprint density at radius 3 is 2.62 bits per heavy atom. The molecule has 1 saturated carbocycles. The van der Waals surface area contributed by atoms with Crippen LogP contribution in [0.1, 0.15) is 19.3 Å². The molecule has 0 radical (unpaired) electrons. The minimum atomic E-state index is -0.703. The van der Waals surface area contributed by atoms with Crippen LogP contribution >= 0.6 is 0 Å². The van der Waals surface area contributed by atoms with Crippen LogP contribution in [-0.2, 0) is 4.79 Å². The molecule has 0 atom stereocenters. The molecule has 2 rings (SSSR count). The number of hydrogen-bond donors (Lipinski definition) is 1. The number of aliphatic carboxylic acids is 1. The molecule has 0 aromatic rings. The summed E-state index contributed by atoms with van der Waals surface area (Å²) < 4.78 is 0. The molecule has 1 aliphatic heterocycles. The van der Waals surface area contributed by atoms with E-state index in [1.165, 1.54) is 0 Å². The molecule has 0 aromatic carbocycles. The topological polar surface area (TPSA) is 52.9 Å². The standard InChI is InChI=1S/C9H14N2O2/c1-11-6-5-10-7(11)9(8(12)13)3-2-4-9/h2-6H2,1H3,(H,12,13). The predicted molar refractivity (Wildman–Crippen MR) is 48.9 cm³/mol. The van der Waals surface area contributed by atoms with Crippen LogP contribution in [0.15, 0.2) is 4.99 Å². The van der Waals surface area contributed by atoms with E-state index in [2.05, 4.69) is 4.99 Å². The molecule has 0 saturated heterocycles. The predicted octanol–water partition coefficient (Wildman–Crippen LogP) is 0.585. The van der Waals surface area contributed by atoms with Crippen molar-refractivity contribution in [3.05, 3.63) is 0 Å². The summed E-state index contributed by atoms with van der Waals surface area (Å²) in [6.07, 6.45) is 2.52. The minimum Gasteiger partial charge on any atom is -0.480 e. The van der Waals surface area contributed by atoms with E-state index in [0.29, 0.717) is 0 Å². The Hall–Kier alpha value is -1.06. The van der Waals surface area contributed by atoms with E-state index >= 15 is 0 Å². The average Bonchev–Trinajstić information content (AvgIpc) is 2.34. The molecule has 1 heterocycles. The number of hydrogen-bond acceptors (Lipinski definition) is 3. The van der Waals surface area contributed by atoms with Gasteiger partial charge in [0.2, 0.25) is 0 Å². The van der Waals surface area contributed by atoms with E-state index in [-0.39, 0.29) is 0 Å². The summed E-state index contributed by atoms with van der Waals surface area (Å²) in [4.78, 5) is 17.4. The maximum atomic E-state index is 11.1. The van der Waals surface area contributed by atoms with Crippen molar-refractivity contribution < 1.29 is 9.90 Å². The fraction of sp³-hybridized carbons (Fsp3) is 0.778. The number of aliphatic imine (C=N–C) groups is 1. The number of likely N-dealkylation sites (N-methyl/N-ethyl adjacent to an activating group) is 1. The van der Waals surface area contributed by atoms with Crippen LogP contribution < -0.4 is 0 Å². The molecule has 13 heavy (non-hydrogen) atoms. The van der Waals surface area contributed by atoms with Crippen molar-refractivity contribution in [2.45, 2.75) is 19.3 Å². The maximum absolute atomic E-state index is 11.1. The molecule has 0 bridgehead atoms. The quantitative estimate of drug-likeness (QED) is 0.679. The number of nitrogens with zero attached hydrogens (tertiary/aromatic N) is 2. The SMILES string of the molecule is CN1CCN=C1C1(C(=O)O)CCC1. The molecular weight excluding hydrogens is 168 g/mol. The number of amidine groups is 1. The number of rotatable bonds is 2. The van der Waals surface area contributed by atoms with Gasteiger partial charge in [-0.05, 0) is 12.8 Å². The van der Waals surface area contributed by atoms with Gasteiger partial charge in [-0.2, -0.15) is 0 Å². The van der Waals surface area contributed by atoms with E-state index in [0.717, 1.165) is 38.2 Å². The van der Waals surface area contributed by atoms with Crippen molar-refractivity contribution in [2.75, 3.05) is 20.1 Å². The summed E-state index contributed by atoms with van der Waals surface area (Å²) >= 11 is 0. The molecule has 4 nitrogen and oxygen atoms in total. The highest BCUT2D eigenvalue weighted by Crippen LogP contribution is 2.43. The molecule has 4 heteroatoms. The highest BCUT2D eigenvalue weighted by atomic mass is 16.4. The lowest BCUT2D eigenvalue weighted by Gasteiger charge is -2.39. The smallest absolute Gasteiger partial charge is 0.317 e. The highest BCUT2D eigenvalue weighted by molar-refractivity contribution is 6.06. The second-order valence-corrected chi connectivity index (χ2v) is 3.87. The third-order valence-electron chi connectivity index (χ3n) is 3.10. The first kappa shape index (κ1) is 8.53. The Balaban J connectivity index is 2.26. The first-order valence-electron chi connectivity index (χ1n) is 4.66. The Kier molecular flexibility index (Phi) is 1.78. The van der Waals surface area contributed by atoms with E-state index < -0.39 is 11.4 Å². The molecule has 0 amide bonds. The molecule has 1 aliphatic carbocycles. The molecule has 1 N–H and O–H groups in total. The van der Waals surface area contributed by atoms with Crippen molar-refractivity contribution in [3.63, 3.8) is 0 Å². The first-order valence-corrected chi connectivity index (χ1v) is 4.66. The average molecular weight is 182 g/mol. The van der Waals surface area contributed by atoms with Gasteiger partial charge in [0.1, 0.15) is 11.3 Å². The van der Waals surface area contributed by atoms with Crippen molar-refractivity contribution in [2.24, 2.45) is 10.4 Å². The third kappa shape index (κ3) is 1.04. The van der Waals surface area contributed by atoms with Gasteiger partial charge >= 0.3 is 5.97 Å². The Morgan fingerprint density at radius 1 is 1.62 bits per heavy atom. The summed E-state index contributed by atoms with van der Waals surface area (Å²) in [7, 11) is 1.93. The van der Waals surface area contributed by atoms with Crippen LogP contribution in [0.4, 0.5) is 0 Å². The first-order chi connectivity index (χ1) is 6.17. The van der Waals surface area contributed by atoms with Gasteiger partial charge in [0.25, 0.3) is 0 Å². The largest absolute Gasteiger partial charge is 0.480 e. The molecular formula is C9H14N2O2. The van der Waals surface area contributed by atoms with E-state index in [1.54, 1.807) is 0 Å². The van der Waals surface area contributed by atoms with Gasteiger partial charge in [-0.1, -0.05) is 6.42 Å². The monoisotopic (exact) mass is 182 g/mol. The molecule has 0 aromatic heterocycles. The third-order valence-corrected chi connectivity index (χ3v) is 3.10. The van der Waals surface area contributed by atoms with Gasteiger partial charge in [0.05, 0.1) is 6.54 Å². The lowest BCUT2D eigenvalue weighted by molar-refractivity contribution is -0.149. The Bertz CT molecular complexity index is 269. The van der Waals surface area contributed by atoms with Crippen molar-refractivity contribution in [3.8, 4) is 0 Å². The maximum Gasteiger partial charge on any atom is 0.317 e. The van der Waals surface area contributed by atoms with Crippen LogP contribution in [-0.4, -0.2) is 41.9 Å². The summed E-state index contributed by atoms with van der Waals surface area (Å²) in [6, 6.07) is 0. The molecule has 2 aliphatic rings. The number of carbonyl (C=O) groups is 1. The van der Waals surface area contributed by atoms with E-state index in [9.17, 15) is 4.79 Å². The fourth-order valence-corrected chi connectivity index (χ4v) is 2.11. The zero-order chi connectivity index (χ0) is 9.47. The van der Waals surface area contributed by atoms with Crippen LogP contribution in [0.25, 0.3) is 0 Å². The van der Waals surface area contributed by atoms with Crippen molar-refractivity contribution in [1.82, 2.24) is 4.90 Å². The van der Waals surface area contributed by atoms with Gasteiger partial charge in [0.15, 0.2) is 0 Å². The zero-order valence-electron chi connectivity index (χ0n) is 7.79. The second kappa shape index (κ2) is 2.72. The van der Waals surface area contributed by atoms with Crippen molar-refractivity contribution in [1.29, 1.82) is 0 Å². The van der Waals surface area contributed by atoms with E-state index in [4.69, 9.17) is 5.11 Å². The van der Waals surface area contributed by atoms with Gasteiger partial charge in [-0.25, -0.2) is 0 Å². The van der Waals surface area contributed by atoms with Gasteiger partial charge in [-0.15, -0.1) is 0 Å². The lowest BCUT2D eigenvalue weighted by Crippen LogP contribution is -2.50. The molecule has 0 spiro atoms. The lowest BCUT2D eigenvalue weighted by atomic mass is 9.67. The molecule has 0 unspecified atom stereocenters. The normalized spacial score (nSPS) is 25.3. The second-order valence-electron chi connectivity index (χ2n) is 3.87. The Morgan fingerprint density at radius 2 is 2.31 bits per heavy atom. The van der Waals surface area contributed by atoms with Crippen LogP contribution in [0.3, 0.4) is 0 Å². The fourth-order valence-electron chi connectivity index (χ4n) is 2.11. The molecule has 72 valence electrons. The summed E-state index contributed by atoms with van der Waals surface area (Å²) in [6.45, 7) is 1.62.